The Morgan fingerprint density at radius 2 is 1.56 bits per heavy atom. The lowest BCUT2D eigenvalue weighted by Gasteiger charge is -2.31. The van der Waals surface area contributed by atoms with Crippen molar-refractivity contribution >= 4 is 21.8 Å². The molecule has 0 aromatic heterocycles. The summed E-state index contributed by atoms with van der Waals surface area (Å²) in [5.41, 5.74) is -0.139. The van der Waals surface area contributed by atoms with Crippen LogP contribution in [0.4, 0.5) is 13.2 Å². The molecule has 184 valence electrons. The summed E-state index contributed by atoms with van der Waals surface area (Å²) in [5.74, 6) is -1.25. The van der Waals surface area contributed by atoms with E-state index in [0.29, 0.717) is 13.0 Å². The largest absolute Gasteiger partial charge is 0.417 e. The Morgan fingerprint density at radius 1 is 0.941 bits per heavy atom. The number of sulfonamides is 1. The van der Waals surface area contributed by atoms with Crippen LogP contribution in [0.2, 0.25) is 0 Å². The highest BCUT2D eigenvalue weighted by Crippen LogP contribution is 2.36. The third kappa shape index (κ3) is 6.57. The van der Waals surface area contributed by atoms with Crippen LogP contribution in [-0.4, -0.2) is 50.7 Å². The zero-order valence-electron chi connectivity index (χ0n) is 18.3. The molecule has 0 aliphatic carbocycles. The minimum atomic E-state index is -4.80. The Labute approximate surface area is 196 Å². The number of piperidine rings is 1. The van der Waals surface area contributed by atoms with Crippen LogP contribution < -0.4 is 10.6 Å². The maximum absolute atomic E-state index is 13.3. The average Bonchev–Trinajstić information content (AvgIpc) is 2.83. The second-order valence-corrected chi connectivity index (χ2v) is 9.88. The van der Waals surface area contributed by atoms with E-state index in [2.05, 4.69) is 10.6 Å². The van der Waals surface area contributed by atoms with Crippen molar-refractivity contribution in [3.63, 3.8) is 0 Å². The Hall–Kier alpha value is -2.92. The summed E-state index contributed by atoms with van der Waals surface area (Å²) >= 11 is 0. The van der Waals surface area contributed by atoms with Gasteiger partial charge in [-0.05, 0) is 37.0 Å². The molecule has 1 aliphatic heterocycles. The fraction of sp³-hybridized carbons (Fsp3) is 0.391. The standard InChI is InChI=1S/C23H26F3N3O4S/c24-23(25,26)19-8-4-5-9-20(19)34(32,33)29-14-11-18(12-15-29)22(31)28-16-21(30)27-13-10-17-6-2-1-3-7-17/h1-9,18H,10-16H2,(H,27,30)(H,28,31). The van der Waals surface area contributed by atoms with Crippen LogP contribution in [0.15, 0.2) is 59.5 Å². The van der Waals surface area contributed by atoms with Gasteiger partial charge in [0, 0.05) is 25.6 Å². The summed E-state index contributed by atoms with van der Waals surface area (Å²) in [5, 5.41) is 5.27. The molecule has 2 amide bonds. The van der Waals surface area contributed by atoms with Crippen LogP contribution in [0, 0.1) is 5.92 Å². The van der Waals surface area contributed by atoms with Gasteiger partial charge in [-0.3, -0.25) is 9.59 Å². The fourth-order valence-corrected chi connectivity index (χ4v) is 5.47. The van der Waals surface area contributed by atoms with Crippen molar-refractivity contribution in [3.05, 3.63) is 65.7 Å². The molecule has 0 unspecified atom stereocenters. The minimum Gasteiger partial charge on any atom is -0.354 e. The van der Waals surface area contributed by atoms with Gasteiger partial charge in [0.2, 0.25) is 21.8 Å². The second-order valence-electron chi connectivity index (χ2n) is 7.98. The quantitative estimate of drug-likeness (QED) is 0.586. The first-order chi connectivity index (χ1) is 16.1. The molecular formula is C23H26F3N3O4S. The first-order valence-electron chi connectivity index (χ1n) is 10.8. The third-order valence-corrected chi connectivity index (χ3v) is 7.59. The van der Waals surface area contributed by atoms with E-state index >= 15 is 0 Å². The second kappa shape index (κ2) is 11.0. The highest BCUT2D eigenvalue weighted by Gasteiger charge is 2.40. The topological polar surface area (TPSA) is 95.6 Å². The van der Waals surface area contributed by atoms with Gasteiger partial charge in [0.1, 0.15) is 0 Å². The van der Waals surface area contributed by atoms with Crippen LogP contribution in [0.3, 0.4) is 0 Å². The molecule has 0 spiro atoms. The summed E-state index contributed by atoms with van der Waals surface area (Å²) < 4.78 is 66.4. The molecule has 0 atom stereocenters. The molecule has 0 saturated carbocycles. The third-order valence-electron chi connectivity index (χ3n) is 5.64. The Morgan fingerprint density at radius 3 is 2.21 bits per heavy atom. The van der Waals surface area contributed by atoms with E-state index in [4.69, 9.17) is 0 Å². The number of hydrogen-bond donors (Lipinski definition) is 2. The maximum Gasteiger partial charge on any atom is 0.417 e. The van der Waals surface area contributed by atoms with Gasteiger partial charge < -0.3 is 10.6 Å². The van der Waals surface area contributed by atoms with Crippen molar-refractivity contribution in [2.75, 3.05) is 26.2 Å². The normalized spacial score (nSPS) is 15.6. The van der Waals surface area contributed by atoms with E-state index in [-0.39, 0.29) is 44.3 Å². The monoisotopic (exact) mass is 497 g/mol. The predicted molar refractivity (Wildman–Crippen MR) is 119 cm³/mol. The van der Waals surface area contributed by atoms with Crippen molar-refractivity contribution < 1.29 is 31.2 Å². The number of carbonyl (C=O) groups excluding carboxylic acids is 2. The predicted octanol–water partition coefficient (Wildman–Crippen LogP) is 2.58. The minimum absolute atomic E-state index is 0.0874. The van der Waals surface area contributed by atoms with Gasteiger partial charge in [0.25, 0.3) is 0 Å². The SMILES string of the molecule is O=C(CNC(=O)C1CCN(S(=O)(=O)c2ccccc2C(F)(F)F)CC1)NCCc1ccccc1. The van der Waals surface area contributed by atoms with E-state index in [1.807, 2.05) is 30.3 Å². The lowest BCUT2D eigenvalue weighted by Crippen LogP contribution is -2.45. The van der Waals surface area contributed by atoms with Gasteiger partial charge in [0.15, 0.2) is 0 Å². The van der Waals surface area contributed by atoms with Gasteiger partial charge in [-0.2, -0.15) is 17.5 Å². The molecule has 34 heavy (non-hydrogen) atoms. The van der Waals surface area contributed by atoms with E-state index in [9.17, 15) is 31.2 Å². The Balaban J connectivity index is 1.47. The van der Waals surface area contributed by atoms with Crippen LogP contribution in [-0.2, 0) is 32.2 Å². The number of benzene rings is 2. The lowest BCUT2D eigenvalue weighted by molar-refractivity contribution is -0.140. The van der Waals surface area contributed by atoms with Gasteiger partial charge in [-0.1, -0.05) is 42.5 Å². The molecule has 11 heteroatoms. The zero-order valence-corrected chi connectivity index (χ0v) is 19.2. The number of rotatable bonds is 8. The molecule has 2 aromatic carbocycles. The molecule has 1 heterocycles. The molecule has 7 nitrogen and oxygen atoms in total. The maximum atomic E-state index is 13.3. The van der Waals surface area contributed by atoms with Crippen molar-refractivity contribution in [1.29, 1.82) is 0 Å². The molecule has 0 bridgehead atoms. The average molecular weight is 498 g/mol. The van der Waals surface area contributed by atoms with Crippen LogP contribution in [0.25, 0.3) is 0 Å². The number of alkyl halides is 3. The molecule has 2 N–H and O–H groups in total. The van der Waals surface area contributed by atoms with Gasteiger partial charge in [0.05, 0.1) is 17.0 Å². The summed E-state index contributed by atoms with van der Waals surface area (Å²) in [6, 6.07) is 13.7. The summed E-state index contributed by atoms with van der Waals surface area (Å²) in [7, 11) is -4.37. The highest BCUT2D eigenvalue weighted by molar-refractivity contribution is 7.89. The number of nitrogens with zero attached hydrogens (tertiary/aromatic N) is 1. The van der Waals surface area contributed by atoms with Crippen molar-refractivity contribution in [2.24, 2.45) is 5.92 Å². The summed E-state index contributed by atoms with van der Waals surface area (Å²) in [6.45, 7) is 0.0469. The van der Waals surface area contributed by atoms with Gasteiger partial charge in [-0.25, -0.2) is 8.42 Å². The number of nitrogens with one attached hydrogen (secondary N) is 2. The summed E-state index contributed by atoms with van der Waals surface area (Å²) in [4.78, 5) is 23.6. The first-order valence-corrected chi connectivity index (χ1v) is 12.3. The zero-order chi connectivity index (χ0) is 24.8. The van der Waals surface area contributed by atoms with E-state index in [0.717, 1.165) is 28.1 Å². The van der Waals surface area contributed by atoms with Crippen LogP contribution in [0.5, 0.6) is 0 Å². The smallest absolute Gasteiger partial charge is 0.354 e. The van der Waals surface area contributed by atoms with E-state index in [1.54, 1.807) is 0 Å². The van der Waals surface area contributed by atoms with Crippen LogP contribution >= 0.6 is 0 Å². The highest BCUT2D eigenvalue weighted by atomic mass is 32.2. The summed E-state index contributed by atoms with van der Waals surface area (Å²) in [6.07, 6.45) is -3.85. The van der Waals surface area contributed by atoms with Gasteiger partial charge in [-0.15, -0.1) is 0 Å². The van der Waals surface area contributed by atoms with Crippen molar-refractivity contribution in [3.8, 4) is 0 Å². The number of halogens is 3. The fourth-order valence-electron chi connectivity index (χ4n) is 3.79. The first kappa shape index (κ1) is 25.7. The molecule has 1 aliphatic rings. The van der Waals surface area contributed by atoms with E-state index < -0.39 is 32.6 Å². The number of hydrogen-bond acceptors (Lipinski definition) is 4. The van der Waals surface area contributed by atoms with Crippen molar-refractivity contribution in [1.82, 2.24) is 14.9 Å². The lowest BCUT2D eigenvalue weighted by atomic mass is 9.97. The van der Waals surface area contributed by atoms with Crippen LogP contribution in [0.1, 0.15) is 24.0 Å². The van der Waals surface area contributed by atoms with E-state index in [1.165, 1.54) is 6.07 Å². The molecule has 3 rings (SSSR count). The molecule has 2 aromatic rings. The Bertz CT molecular complexity index is 1100. The molecule has 0 radical (unpaired) electrons. The molecule has 1 saturated heterocycles. The number of amides is 2. The Kier molecular flexibility index (Phi) is 8.32. The number of carbonyl (C=O) groups is 2. The van der Waals surface area contributed by atoms with Crippen molar-refractivity contribution in [2.45, 2.75) is 30.3 Å². The molecule has 1 fully saturated rings. The molecular weight excluding hydrogens is 471 g/mol. The van der Waals surface area contributed by atoms with Gasteiger partial charge >= 0.3 is 6.18 Å².